The van der Waals surface area contributed by atoms with Crippen LogP contribution >= 0.6 is 0 Å². The van der Waals surface area contributed by atoms with Crippen LogP contribution in [-0.4, -0.2) is 38.7 Å². The van der Waals surface area contributed by atoms with Gasteiger partial charge in [-0.3, -0.25) is 4.79 Å². The summed E-state index contributed by atoms with van der Waals surface area (Å²) < 4.78 is 5.27. The second-order valence-corrected chi connectivity index (χ2v) is 6.82. The third-order valence-corrected chi connectivity index (χ3v) is 5.47. The topological polar surface area (TPSA) is 73.9 Å². The number of aliphatic hydroxyl groups is 2. The first kappa shape index (κ1) is 15.4. The van der Waals surface area contributed by atoms with Crippen molar-refractivity contribution in [1.82, 2.24) is 4.90 Å². The van der Waals surface area contributed by atoms with E-state index in [1.807, 2.05) is 30.3 Å². The molecule has 2 aromatic rings. The van der Waals surface area contributed by atoms with Crippen molar-refractivity contribution in [1.29, 1.82) is 0 Å². The van der Waals surface area contributed by atoms with Crippen LogP contribution in [0.2, 0.25) is 0 Å². The zero-order chi connectivity index (χ0) is 16.7. The van der Waals surface area contributed by atoms with Gasteiger partial charge in [0, 0.05) is 6.04 Å². The van der Waals surface area contributed by atoms with Crippen LogP contribution in [0.25, 0.3) is 0 Å². The lowest BCUT2D eigenvalue weighted by molar-refractivity contribution is -0.162. The number of nitrogens with zero attached hydrogens (tertiary/aromatic N) is 1. The Kier molecular flexibility index (Phi) is 3.70. The van der Waals surface area contributed by atoms with Gasteiger partial charge in [-0.1, -0.05) is 30.3 Å². The number of hydrogen-bond acceptors (Lipinski definition) is 4. The normalized spacial score (nSPS) is 30.3. The van der Waals surface area contributed by atoms with Gasteiger partial charge in [0.05, 0.1) is 17.9 Å². The summed E-state index contributed by atoms with van der Waals surface area (Å²) >= 11 is 0. The molecule has 2 N–H and O–H groups in total. The molecule has 2 saturated heterocycles. The number of carbonyl (C=O) groups excluding carboxylic acids is 1. The van der Waals surface area contributed by atoms with Crippen LogP contribution < -0.4 is 0 Å². The van der Waals surface area contributed by atoms with Gasteiger partial charge in [0.1, 0.15) is 6.10 Å². The number of piperidine rings is 2. The molecule has 3 heterocycles. The Bertz CT molecular complexity index is 704. The molecule has 2 atom stereocenters. The SMILES string of the molecule is O=C(c1ccco1)N1C2CCC(O)(CC2)[C@@H]1[C@@H](O)c1ccccc1. The fourth-order valence-electron chi connectivity index (χ4n) is 4.26. The molecule has 0 spiro atoms. The Morgan fingerprint density at radius 3 is 2.50 bits per heavy atom. The van der Waals surface area contributed by atoms with Crippen molar-refractivity contribution in [3.63, 3.8) is 0 Å². The summed E-state index contributed by atoms with van der Waals surface area (Å²) in [6.45, 7) is 0. The van der Waals surface area contributed by atoms with Crippen LogP contribution in [0.1, 0.15) is 47.9 Å². The number of hydrogen-bond donors (Lipinski definition) is 2. The fourth-order valence-corrected chi connectivity index (χ4v) is 4.26. The second kappa shape index (κ2) is 5.76. The number of fused-ring (bicyclic) bond motifs is 3. The minimum Gasteiger partial charge on any atom is -0.459 e. The standard InChI is InChI=1S/C19H21NO4/c21-16(13-5-2-1-3-6-13)17-19(23)10-8-14(9-11-19)20(17)18(22)15-7-4-12-24-15/h1-7,12,14,16-17,21,23H,8-11H2/t14?,16-,17-,19?/m0/s1. The maximum Gasteiger partial charge on any atom is 0.290 e. The molecule has 3 aliphatic rings. The van der Waals surface area contributed by atoms with Crippen molar-refractivity contribution < 1.29 is 19.4 Å². The van der Waals surface area contributed by atoms with E-state index in [9.17, 15) is 15.0 Å². The molecule has 2 bridgehead atoms. The Morgan fingerprint density at radius 2 is 1.88 bits per heavy atom. The molecule has 5 nitrogen and oxygen atoms in total. The van der Waals surface area contributed by atoms with E-state index >= 15 is 0 Å². The fraction of sp³-hybridized carbons (Fsp3) is 0.421. The summed E-state index contributed by atoms with van der Waals surface area (Å²) in [5, 5.41) is 22.1. The van der Waals surface area contributed by atoms with Gasteiger partial charge >= 0.3 is 0 Å². The van der Waals surface area contributed by atoms with E-state index in [4.69, 9.17) is 4.42 Å². The number of aliphatic hydroxyl groups excluding tert-OH is 1. The quantitative estimate of drug-likeness (QED) is 0.908. The predicted molar refractivity (Wildman–Crippen MR) is 87.3 cm³/mol. The molecule has 2 aliphatic heterocycles. The van der Waals surface area contributed by atoms with E-state index in [0.29, 0.717) is 18.4 Å². The van der Waals surface area contributed by atoms with E-state index in [1.54, 1.807) is 17.0 Å². The highest BCUT2D eigenvalue weighted by molar-refractivity contribution is 5.92. The average Bonchev–Trinajstić information content (AvgIpc) is 3.15. The summed E-state index contributed by atoms with van der Waals surface area (Å²) in [6, 6.07) is 11.9. The van der Waals surface area contributed by atoms with Crippen LogP contribution in [0, 0.1) is 0 Å². The molecule has 1 saturated carbocycles. The molecule has 1 amide bonds. The third kappa shape index (κ3) is 2.36. The van der Waals surface area contributed by atoms with Crippen molar-refractivity contribution in [2.75, 3.05) is 0 Å². The van der Waals surface area contributed by atoms with Gasteiger partial charge in [0.2, 0.25) is 0 Å². The molecular weight excluding hydrogens is 306 g/mol. The molecule has 24 heavy (non-hydrogen) atoms. The van der Waals surface area contributed by atoms with E-state index in [0.717, 1.165) is 12.8 Å². The smallest absolute Gasteiger partial charge is 0.290 e. The molecule has 5 rings (SSSR count). The van der Waals surface area contributed by atoms with Crippen LogP contribution in [0.15, 0.2) is 53.1 Å². The lowest BCUT2D eigenvalue weighted by Gasteiger charge is -2.57. The minimum absolute atomic E-state index is 0.0278. The zero-order valence-corrected chi connectivity index (χ0v) is 13.3. The van der Waals surface area contributed by atoms with E-state index < -0.39 is 17.7 Å². The maximum atomic E-state index is 12.9. The van der Waals surface area contributed by atoms with Gasteiger partial charge < -0.3 is 19.5 Å². The number of rotatable bonds is 3. The molecular formula is C19H21NO4. The Hall–Kier alpha value is -2.11. The summed E-state index contributed by atoms with van der Waals surface area (Å²) in [5.41, 5.74) is -0.354. The molecule has 126 valence electrons. The lowest BCUT2D eigenvalue weighted by Crippen LogP contribution is -2.68. The first-order chi connectivity index (χ1) is 11.6. The lowest BCUT2D eigenvalue weighted by atomic mass is 9.68. The van der Waals surface area contributed by atoms with Gasteiger partial charge in [0.15, 0.2) is 5.76 Å². The van der Waals surface area contributed by atoms with Crippen molar-refractivity contribution in [2.45, 2.75) is 49.5 Å². The van der Waals surface area contributed by atoms with Crippen LogP contribution in [0.3, 0.4) is 0 Å². The van der Waals surface area contributed by atoms with E-state index in [-0.39, 0.29) is 17.7 Å². The molecule has 1 aromatic heterocycles. The number of carbonyl (C=O) groups is 1. The van der Waals surface area contributed by atoms with E-state index in [1.165, 1.54) is 6.26 Å². The summed E-state index contributed by atoms with van der Waals surface area (Å²) in [6.07, 6.45) is 3.25. The van der Waals surface area contributed by atoms with Gasteiger partial charge in [-0.15, -0.1) is 0 Å². The highest BCUT2D eigenvalue weighted by atomic mass is 16.3. The molecule has 1 aromatic carbocycles. The van der Waals surface area contributed by atoms with Crippen LogP contribution in [0.5, 0.6) is 0 Å². The largest absolute Gasteiger partial charge is 0.459 e. The van der Waals surface area contributed by atoms with Crippen molar-refractivity contribution in [3.05, 3.63) is 60.1 Å². The zero-order valence-electron chi connectivity index (χ0n) is 13.3. The molecule has 5 heteroatoms. The van der Waals surface area contributed by atoms with Gasteiger partial charge in [-0.2, -0.15) is 0 Å². The monoisotopic (exact) mass is 327 g/mol. The number of furan rings is 1. The molecule has 0 radical (unpaired) electrons. The Balaban J connectivity index is 1.74. The van der Waals surface area contributed by atoms with Gasteiger partial charge in [-0.25, -0.2) is 0 Å². The van der Waals surface area contributed by atoms with Crippen LogP contribution in [-0.2, 0) is 0 Å². The van der Waals surface area contributed by atoms with Crippen molar-refractivity contribution in [3.8, 4) is 0 Å². The van der Waals surface area contributed by atoms with Crippen LogP contribution in [0.4, 0.5) is 0 Å². The molecule has 1 aliphatic carbocycles. The maximum absolute atomic E-state index is 12.9. The van der Waals surface area contributed by atoms with Crippen molar-refractivity contribution >= 4 is 5.91 Å². The highest BCUT2D eigenvalue weighted by Gasteiger charge is 2.56. The second-order valence-electron chi connectivity index (χ2n) is 6.82. The third-order valence-electron chi connectivity index (χ3n) is 5.47. The summed E-state index contributed by atoms with van der Waals surface area (Å²) in [5.74, 6) is -0.0146. The van der Waals surface area contributed by atoms with Gasteiger partial charge in [0.25, 0.3) is 5.91 Å². The minimum atomic E-state index is -1.06. The highest BCUT2D eigenvalue weighted by Crippen LogP contribution is 2.47. The Labute approximate surface area is 140 Å². The Morgan fingerprint density at radius 1 is 1.17 bits per heavy atom. The summed E-state index contributed by atoms with van der Waals surface area (Å²) in [4.78, 5) is 14.6. The summed E-state index contributed by atoms with van der Waals surface area (Å²) in [7, 11) is 0. The van der Waals surface area contributed by atoms with Crippen molar-refractivity contribution in [2.24, 2.45) is 0 Å². The number of amides is 1. The first-order valence-electron chi connectivity index (χ1n) is 8.42. The molecule has 3 fully saturated rings. The number of benzene rings is 1. The van der Waals surface area contributed by atoms with Gasteiger partial charge in [-0.05, 0) is 43.4 Å². The average molecular weight is 327 g/mol. The first-order valence-corrected chi connectivity index (χ1v) is 8.42. The van der Waals surface area contributed by atoms with E-state index in [2.05, 4.69) is 0 Å². The molecule has 0 unspecified atom stereocenters. The predicted octanol–water partition coefficient (Wildman–Crippen LogP) is 2.51.